The van der Waals surface area contributed by atoms with Crippen molar-refractivity contribution < 1.29 is 9.53 Å². The van der Waals surface area contributed by atoms with Crippen molar-refractivity contribution in [3.05, 3.63) is 81.0 Å². The molecule has 1 amide bonds. The summed E-state index contributed by atoms with van der Waals surface area (Å²) >= 11 is 9.68. The van der Waals surface area contributed by atoms with Gasteiger partial charge in [-0.25, -0.2) is 0 Å². The van der Waals surface area contributed by atoms with Gasteiger partial charge in [-0.3, -0.25) is 9.48 Å². The zero-order chi connectivity index (χ0) is 20.1. The highest BCUT2D eigenvalue weighted by molar-refractivity contribution is 9.10. The SMILES string of the molecule is CCn1ncc(Cl)c1CN(C)C(=O)c1cccc(COc2ccccc2Br)c1. The molecule has 1 heterocycles. The molecule has 0 bridgehead atoms. The molecule has 2 aromatic carbocycles. The second-order valence-corrected chi connectivity index (χ2v) is 7.60. The molecule has 0 aliphatic carbocycles. The van der Waals surface area contributed by atoms with E-state index in [4.69, 9.17) is 16.3 Å². The van der Waals surface area contributed by atoms with Crippen molar-refractivity contribution in [2.45, 2.75) is 26.6 Å². The number of aryl methyl sites for hydroxylation is 1. The monoisotopic (exact) mass is 461 g/mol. The van der Waals surface area contributed by atoms with Gasteiger partial charge in [-0.15, -0.1) is 0 Å². The molecule has 0 N–H and O–H groups in total. The number of carbonyl (C=O) groups excluding carboxylic acids is 1. The van der Waals surface area contributed by atoms with Crippen LogP contribution in [0.2, 0.25) is 5.02 Å². The summed E-state index contributed by atoms with van der Waals surface area (Å²) < 4.78 is 8.54. The van der Waals surface area contributed by atoms with Gasteiger partial charge in [0.2, 0.25) is 0 Å². The lowest BCUT2D eigenvalue weighted by molar-refractivity contribution is 0.0781. The van der Waals surface area contributed by atoms with Crippen LogP contribution in [-0.2, 0) is 19.7 Å². The van der Waals surface area contributed by atoms with Crippen molar-refractivity contribution in [3.8, 4) is 5.75 Å². The predicted molar refractivity (Wildman–Crippen MR) is 114 cm³/mol. The number of halogens is 2. The average molecular weight is 463 g/mol. The van der Waals surface area contributed by atoms with Crippen LogP contribution in [0, 0.1) is 0 Å². The van der Waals surface area contributed by atoms with Crippen LogP contribution in [0.5, 0.6) is 5.75 Å². The van der Waals surface area contributed by atoms with Crippen molar-refractivity contribution in [2.24, 2.45) is 0 Å². The average Bonchev–Trinajstić information content (AvgIpc) is 3.06. The minimum atomic E-state index is -0.0809. The largest absolute Gasteiger partial charge is 0.488 e. The summed E-state index contributed by atoms with van der Waals surface area (Å²) in [6, 6.07) is 15.1. The van der Waals surface area contributed by atoms with Crippen LogP contribution in [-0.4, -0.2) is 27.6 Å². The smallest absolute Gasteiger partial charge is 0.253 e. The van der Waals surface area contributed by atoms with Crippen molar-refractivity contribution in [2.75, 3.05) is 7.05 Å². The van der Waals surface area contributed by atoms with E-state index >= 15 is 0 Å². The molecule has 0 unspecified atom stereocenters. The molecule has 146 valence electrons. The van der Waals surface area contributed by atoms with Gasteiger partial charge in [0.1, 0.15) is 12.4 Å². The summed E-state index contributed by atoms with van der Waals surface area (Å²) in [5.74, 6) is 0.682. The minimum Gasteiger partial charge on any atom is -0.488 e. The van der Waals surface area contributed by atoms with Crippen LogP contribution in [0.25, 0.3) is 0 Å². The molecule has 0 saturated carbocycles. The second-order valence-electron chi connectivity index (χ2n) is 6.34. The fourth-order valence-electron chi connectivity index (χ4n) is 2.85. The lowest BCUT2D eigenvalue weighted by Crippen LogP contribution is -2.27. The number of amides is 1. The first-order valence-corrected chi connectivity index (χ1v) is 10.1. The number of aromatic nitrogens is 2. The third kappa shape index (κ3) is 4.75. The standard InChI is InChI=1S/C21H21BrClN3O2/c1-3-26-19(18(23)12-24-26)13-25(2)21(27)16-8-6-7-15(11-16)14-28-20-10-5-4-9-17(20)22/h4-12H,3,13-14H2,1-2H3. The Morgan fingerprint density at radius 3 is 2.79 bits per heavy atom. The Morgan fingerprint density at radius 1 is 1.25 bits per heavy atom. The van der Waals surface area contributed by atoms with Gasteiger partial charge in [-0.2, -0.15) is 5.10 Å². The van der Waals surface area contributed by atoms with Gasteiger partial charge in [-0.1, -0.05) is 35.9 Å². The van der Waals surface area contributed by atoms with Crippen LogP contribution in [0.15, 0.2) is 59.2 Å². The molecular formula is C21H21BrClN3O2. The van der Waals surface area contributed by atoms with Gasteiger partial charge < -0.3 is 9.64 Å². The first-order valence-electron chi connectivity index (χ1n) is 8.91. The third-order valence-corrected chi connectivity index (χ3v) is 5.31. The van der Waals surface area contributed by atoms with Gasteiger partial charge >= 0.3 is 0 Å². The molecule has 3 rings (SSSR count). The maximum atomic E-state index is 12.9. The quantitative estimate of drug-likeness (QED) is 0.487. The molecule has 0 atom stereocenters. The van der Waals surface area contributed by atoms with Gasteiger partial charge in [-0.05, 0) is 52.7 Å². The molecule has 0 fully saturated rings. The van der Waals surface area contributed by atoms with E-state index in [0.717, 1.165) is 21.5 Å². The van der Waals surface area contributed by atoms with E-state index in [9.17, 15) is 4.79 Å². The highest BCUT2D eigenvalue weighted by Gasteiger charge is 2.17. The minimum absolute atomic E-state index is 0.0809. The first kappa shape index (κ1) is 20.4. The molecule has 1 aromatic heterocycles. The van der Waals surface area contributed by atoms with E-state index in [1.54, 1.807) is 28.9 Å². The number of carbonyl (C=O) groups is 1. The Labute approximate surface area is 178 Å². The first-order chi connectivity index (χ1) is 13.5. The Balaban J connectivity index is 1.69. The number of hydrogen-bond acceptors (Lipinski definition) is 3. The van der Waals surface area contributed by atoms with E-state index in [-0.39, 0.29) is 5.91 Å². The van der Waals surface area contributed by atoms with Crippen molar-refractivity contribution in [3.63, 3.8) is 0 Å². The number of benzene rings is 2. The number of hydrogen-bond donors (Lipinski definition) is 0. The summed E-state index contributed by atoms with van der Waals surface area (Å²) in [6.07, 6.45) is 1.61. The molecule has 5 nitrogen and oxygen atoms in total. The van der Waals surface area contributed by atoms with Crippen LogP contribution >= 0.6 is 27.5 Å². The summed E-state index contributed by atoms with van der Waals surface area (Å²) in [6.45, 7) is 3.46. The molecule has 28 heavy (non-hydrogen) atoms. The zero-order valence-electron chi connectivity index (χ0n) is 15.7. The molecule has 0 spiro atoms. The van der Waals surface area contributed by atoms with E-state index in [0.29, 0.717) is 30.3 Å². The van der Waals surface area contributed by atoms with Crippen LogP contribution in [0.1, 0.15) is 28.5 Å². The van der Waals surface area contributed by atoms with Crippen LogP contribution in [0.4, 0.5) is 0 Å². The molecule has 0 aliphatic rings. The number of para-hydroxylation sites is 1. The maximum Gasteiger partial charge on any atom is 0.253 e. The van der Waals surface area contributed by atoms with Gasteiger partial charge in [0, 0.05) is 19.2 Å². The highest BCUT2D eigenvalue weighted by atomic mass is 79.9. The molecule has 0 aliphatic heterocycles. The van der Waals surface area contributed by atoms with Gasteiger partial charge in [0.25, 0.3) is 5.91 Å². The number of ether oxygens (including phenoxy) is 1. The highest BCUT2D eigenvalue weighted by Crippen LogP contribution is 2.25. The maximum absolute atomic E-state index is 12.9. The number of nitrogens with zero attached hydrogens (tertiary/aromatic N) is 3. The van der Waals surface area contributed by atoms with E-state index in [2.05, 4.69) is 21.0 Å². The second kappa shape index (κ2) is 9.26. The Bertz CT molecular complexity index is 974. The van der Waals surface area contributed by atoms with E-state index < -0.39 is 0 Å². The summed E-state index contributed by atoms with van der Waals surface area (Å²) in [5.41, 5.74) is 2.36. The molecule has 7 heteroatoms. The lowest BCUT2D eigenvalue weighted by Gasteiger charge is -2.18. The topological polar surface area (TPSA) is 47.4 Å². The fourth-order valence-corrected chi connectivity index (χ4v) is 3.45. The molecular weight excluding hydrogens is 442 g/mol. The molecule has 3 aromatic rings. The van der Waals surface area contributed by atoms with E-state index in [1.807, 2.05) is 49.4 Å². The number of rotatable bonds is 7. The molecule has 0 radical (unpaired) electrons. The van der Waals surface area contributed by atoms with E-state index in [1.165, 1.54) is 0 Å². The van der Waals surface area contributed by atoms with Crippen molar-refractivity contribution in [1.29, 1.82) is 0 Å². The summed E-state index contributed by atoms with van der Waals surface area (Å²) in [7, 11) is 1.76. The Morgan fingerprint density at radius 2 is 2.04 bits per heavy atom. The summed E-state index contributed by atoms with van der Waals surface area (Å²) in [4.78, 5) is 14.5. The Kier molecular flexibility index (Phi) is 6.75. The third-order valence-electron chi connectivity index (χ3n) is 4.34. The van der Waals surface area contributed by atoms with Crippen molar-refractivity contribution >= 4 is 33.4 Å². The molecule has 0 saturated heterocycles. The summed E-state index contributed by atoms with van der Waals surface area (Å²) in [5, 5.41) is 4.79. The lowest BCUT2D eigenvalue weighted by atomic mass is 10.1. The van der Waals surface area contributed by atoms with Crippen LogP contribution < -0.4 is 4.74 Å². The van der Waals surface area contributed by atoms with Crippen molar-refractivity contribution in [1.82, 2.24) is 14.7 Å². The fraction of sp³-hybridized carbons (Fsp3) is 0.238. The van der Waals surface area contributed by atoms with Crippen LogP contribution in [0.3, 0.4) is 0 Å². The van der Waals surface area contributed by atoms with Gasteiger partial charge in [0.05, 0.1) is 27.9 Å². The normalized spacial score (nSPS) is 10.7. The predicted octanol–water partition coefficient (Wildman–Crippen LogP) is 5.17. The van der Waals surface area contributed by atoms with Gasteiger partial charge in [0.15, 0.2) is 0 Å². The zero-order valence-corrected chi connectivity index (χ0v) is 18.1. The Hall–Kier alpha value is -2.31.